The number of anilines is 1. The zero-order valence-electron chi connectivity index (χ0n) is 16.1. The van der Waals surface area contributed by atoms with E-state index in [2.05, 4.69) is 0 Å². The first-order valence-corrected chi connectivity index (χ1v) is 9.18. The molecule has 2 heterocycles. The maximum absolute atomic E-state index is 6.56. The molecule has 6 nitrogen and oxygen atoms in total. The summed E-state index contributed by atoms with van der Waals surface area (Å²) in [6.07, 6.45) is 1.30. The van der Waals surface area contributed by atoms with Crippen LogP contribution in [0.15, 0.2) is 70.3 Å². The van der Waals surface area contributed by atoms with Crippen LogP contribution in [0.1, 0.15) is 25.6 Å². The topological polar surface area (TPSA) is 73.2 Å². The lowest BCUT2D eigenvalue weighted by molar-refractivity contribution is 0.242. The third-order valence-electron chi connectivity index (χ3n) is 4.57. The summed E-state index contributed by atoms with van der Waals surface area (Å²) in [6.45, 7) is 4.00. The van der Waals surface area contributed by atoms with Gasteiger partial charge in [-0.05, 0) is 50.2 Å². The Kier molecular flexibility index (Phi) is 4.69. The smallest absolute Gasteiger partial charge is 0.227 e. The van der Waals surface area contributed by atoms with Gasteiger partial charge in [0.05, 0.1) is 24.7 Å². The van der Waals surface area contributed by atoms with E-state index in [4.69, 9.17) is 24.6 Å². The number of benzene rings is 2. The van der Waals surface area contributed by atoms with Gasteiger partial charge >= 0.3 is 0 Å². The Bertz CT molecular complexity index is 1090. The average molecular weight is 377 g/mol. The van der Waals surface area contributed by atoms with Gasteiger partial charge in [-0.25, -0.2) is 4.99 Å². The number of para-hydroxylation sites is 1. The predicted molar refractivity (Wildman–Crippen MR) is 108 cm³/mol. The zero-order valence-corrected chi connectivity index (χ0v) is 16.1. The van der Waals surface area contributed by atoms with Crippen molar-refractivity contribution in [1.29, 1.82) is 0 Å². The normalized spacial score (nSPS) is 15.9. The van der Waals surface area contributed by atoms with Crippen LogP contribution in [0.25, 0.3) is 5.82 Å². The van der Waals surface area contributed by atoms with Crippen molar-refractivity contribution in [2.45, 2.75) is 26.1 Å². The fourth-order valence-corrected chi connectivity index (χ4v) is 3.35. The quantitative estimate of drug-likeness (QED) is 0.740. The predicted octanol–water partition coefficient (Wildman–Crippen LogP) is 2.94. The molecule has 0 saturated carbocycles. The second-order valence-electron chi connectivity index (χ2n) is 6.80. The molecule has 4 rings (SSSR count). The van der Waals surface area contributed by atoms with Crippen LogP contribution in [-0.4, -0.2) is 13.2 Å². The molecular weight excluding hydrogens is 354 g/mol. The van der Waals surface area contributed by atoms with Crippen LogP contribution in [0.5, 0.6) is 11.5 Å². The Morgan fingerprint density at radius 3 is 2.54 bits per heavy atom. The van der Waals surface area contributed by atoms with Crippen molar-refractivity contribution in [1.82, 2.24) is 0 Å². The first-order valence-electron chi connectivity index (χ1n) is 9.18. The molecule has 0 radical (unpaired) electrons. The fraction of sp³-hybridized carbons (Fsp3) is 0.227. The molecule has 0 fully saturated rings. The second kappa shape index (κ2) is 7.31. The van der Waals surface area contributed by atoms with E-state index in [0.717, 1.165) is 28.0 Å². The zero-order chi connectivity index (χ0) is 19.7. The van der Waals surface area contributed by atoms with Crippen molar-refractivity contribution >= 4 is 11.5 Å². The Morgan fingerprint density at radius 1 is 1.07 bits per heavy atom. The number of hydrogen-bond donors (Lipinski definition) is 1. The molecule has 28 heavy (non-hydrogen) atoms. The minimum Gasteiger partial charge on any atom is -0.496 e. The van der Waals surface area contributed by atoms with E-state index in [9.17, 15) is 0 Å². The molecule has 1 aliphatic rings. The lowest BCUT2D eigenvalue weighted by Crippen LogP contribution is -2.44. The number of rotatable bonds is 5. The summed E-state index contributed by atoms with van der Waals surface area (Å²) in [4.78, 5) is 6.79. The summed E-state index contributed by atoms with van der Waals surface area (Å²) in [6, 6.07) is 17.4. The van der Waals surface area contributed by atoms with Crippen LogP contribution in [0.3, 0.4) is 0 Å². The van der Waals surface area contributed by atoms with Crippen molar-refractivity contribution in [3.63, 3.8) is 0 Å². The van der Waals surface area contributed by atoms with Gasteiger partial charge < -0.3 is 24.5 Å². The molecule has 0 amide bonds. The molecule has 1 atom stereocenters. The molecule has 6 heteroatoms. The molecule has 3 aromatic rings. The van der Waals surface area contributed by atoms with E-state index in [1.165, 1.54) is 0 Å². The number of fused-ring (bicyclic) bond motifs is 1. The highest BCUT2D eigenvalue weighted by Gasteiger charge is 2.29. The van der Waals surface area contributed by atoms with Gasteiger partial charge in [0.2, 0.25) is 5.55 Å². The number of nitrogens with zero attached hydrogens (tertiary/aromatic N) is 2. The van der Waals surface area contributed by atoms with Crippen molar-refractivity contribution in [2.75, 3.05) is 12.0 Å². The van der Waals surface area contributed by atoms with Crippen LogP contribution >= 0.6 is 0 Å². The van der Waals surface area contributed by atoms with Gasteiger partial charge in [-0.1, -0.05) is 18.2 Å². The monoisotopic (exact) mass is 377 g/mol. The molecule has 1 aliphatic heterocycles. The largest absolute Gasteiger partial charge is 0.496 e. The van der Waals surface area contributed by atoms with E-state index in [0.29, 0.717) is 11.4 Å². The van der Waals surface area contributed by atoms with Gasteiger partial charge in [0.15, 0.2) is 6.17 Å². The summed E-state index contributed by atoms with van der Waals surface area (Å²) in [7, 11) is 1.65. The summed E-state index contributed by atoms with van der Waals surface area (Å²) in [5, 5.41) is 0.772. The molecule has 2 aromatic carbocycles. The van der Waals surface area contributed by atoms with Crippen molar-refractivity contribution in [3.05, 3.63) is 77.2 Å². The van der Waals surface area contributed by atoms with Gasteiger partial charge in [-0.3, -0.25) is 0 Å². The highest BCUT2D eigenvalue weighted by molar-refractivity contribution is 5.69. The highest BCUT2D eigenvalue weighted by Crippen LogP contribution is 2.36. The summed E-state index contributed by atoms with van der Waals surface area (Å²) in [5.74, 6) is 2.13. The van der Waals surface area contributed by atoms with Crippen molar-refractivity contribution < 1.29 is 13.9 Å². The maximum atomic E-state index is 6.56. The number of ether oxygens (including phenoxy) is 2. The lowest BCUT2D eigenvalue weighted by atomic mass is 10.1. The third-order valence-corrected chi connectivity index (χ3v) is 4.57. The van der Waals surface area contributed by atoms with Crippen LogP contribution in [-0.2, 0) is 0 Å². The Labute approximate surface area is 163 Å². The van der Waals surface area contributed by atoms with Gasteiger partial charge in [-0.2, -0.15) is 0 Å². The third kappa shape index (κ3) is 3.17. The van der Waals surface area contributed by atoms with Crippen molar-refractivity contribution in [2.24, 2.45) is 10.7 Å². The first kappa shape index (κ1) is 18.0. The SMILES string of the molecule is COc1ccccc1C1N=c2occc2=C(N)N1c1ccc(OC(C)C)cc1. The standard InChI is InChI=1S/C22H23N3O3/c1-14(2)28-16-10-8-15(9-11-16)25-20(23)18-12-13-27-22(18)24-21(25)17-6-4-5-7-19(17)26-3/h4-14,21H,23H2,1-3H3. The lowest BCUT2D eigenvalue weighted by Gasteiger charge is -2.33. The van der Waals surface area contributed by atoms with E-state index >= 15 is 0 Å². The molecular formula is C22H23N3O3. The number of furan rings is 1. The van der Waals surface area contributed by atoms with Crippen LogP contribution in [0.2, 0.25) is 0 Å². The average Bonchev–Trinajstić information content (AvgIpc) is 3.17. The van der Waals surface area contributed by atoms with Gasteiger partial charge in [-0.15, -0.1) is 0 Å². The molecule has 2 N–H and O–H groups in total. The van der Waals surface area contributed by atoms with Crippen LogP contribution in [0.4, 0.5) is 5.69 Å². The summed E-state index contributed by atoms with van der Waals surface area (Å²) in [5.41, 5.74) is 8.88. The first-order chi connectivity index (χ1) is 13.6. The van der Waals surface area contributed by atoms with Crippen LogP contribution in [0, 0.1) is 0 Å². The Morgan fingerprint density at radius 2 is 1.82 bits per heavy atom. The number of hydrogen-bond acceptors (Lipinski definition) is 6. The molecule has 144 valence electrons. The van der Waals surface area contributed by atoms with E-state index in [-0.39, 0.29) is 6.10 Å². The molecule has 1 aromatic heterocycles. The summed E-state index contributed by atoms with van der Waals surface area (Å²) < 4.78 is 16.9. The summed E-state index contributed by atoms with van der Waals surface area (Å²) >= 11 is 0. The fourth-order valence-electron chi connectivity index (χ4n) is 3.35. The minimum atomic E-state index is -0.410. The van der Waals surface area contributed by atoms with Gasteiger partial charge in [0.1, 0.15) is 17.3 Å². The number of nitrogens with two attached hydrogens (primary N) is 1. The van der Waals surface area contributed by atoms with E-state index in [1.807, 2.05) is 73.3 Å². The van der Waals surface area contributed by atoms with E-state index < -0.39 is 6.17 Å². The molecule has 0 aliphatic carbocycles. The maximum Gasteiger partial charge on any atom is 0.227 e. The minimum absolute atomic E-state index is 0.113. The number of methoxy groups -OCH3 is 1. The molecule has 0 bridgehead atoms. The highest BCUT2D eigenvalue weighted by atomic mass is 16.5. The molecule has 1 unspecified atom stereocenters. The molecule has 0 spiro atoms. The second-order valence-corrected chi connectivity index (χ2v) is 6.80. The van der Waals surface area contributed by atoms with Crippen molar-refractivity contribution in [3.8, 4) is 11.5 Å². The van der Waals surface area contributed by atoms with E-state index in [1.54, 1.807) is 13.4 Å². The van der Waals surface area contributed by atoms with Gasteiger partial charge in [0, 0.05) is 11.3 Å². The molecule has 0 saturated heterocycles. The Balaban J connectivity index is 1.84. The Hall–Kier alpha value is -3.41. The van der Waals surface area contributed by atoms with Crippen LogP contribution < -0.4 is 30.9 Å². The van der Waals surface area contributed by atoms with Gasteiger partial charge in [0.25, 0.3) is 0 Å².